The molecule has 0 radical (unpaired) electrons. The fourth-order valence-corrected chi connectivity index (χ4v) is 3.26. The molecule has 0 spiro atoms. The lowest BCUT2D eigenvalue weighted by Gasteiger charge is -2.28. The molecule has 0 N–H and O–H groups in total. The summed E-state index contributed by atoms with van der Waals surface area (Å²) in [6.45, 7) is 2.20. The first-order chi connectivity index (χ1) is 14.5. The van der Waals surface area contributed by atoms with Crippen LogP contribution in [0.1, 0.15) is 22.5 Å². The molecule has 1 aromatic heterocycles. The summed E-state index contributed by atoms with van der Waals surface area (Å²) in [7, 11) is 5.15. The highest BCUT2D eigenvalue weighted by atomic mass is 35.5. The summed E-state index contributed by atoms with van der Waals surface area (Å²) in [5.74, 6) is -0.367. The van der Waals surface area contributed by atoms with E-state index in [1.54, 1.807) is 48.3 Å². The van der Waals surface area contributed by atoms with Crippen LogP contribution >= 0.6 is 11.6 Å². The van der Waals surface area contributed by atoms with E-state index in [0.29, 0.717) is 49.9 Å². The zero-order chi connectivity index (χ0) is 21.9. The Morgan fingerprint density at radius 2 is 1.80 bits per heavy atom. The highest BCUT2D eigenvalue weighted by Crippen LogP contribution is 2.14. The number of carbonyl (C=O) groups excluding carboxylic acids is 2. The van der Waals surface area contributed by atoms with E-state index in [0.717, 1.165) is 5.69 Å². The number of ether oxygens (including phenoxy) is 2. The van der Waals surface area contributed by atoms with Gasteiger partial charge in [-0.25, -0.2) is 0 Å². The zero-order valence-electron chi connectivity index (χ0n) is 17.8. The van der Waals surface area contributed by atoms with Crippen molar-refractivity contribution in [2.24, 2.45) is 7.05 Å². The first kappa shape index (κ1) is 23.9. The third-order valence-corrected chi connectivity index (χ3v) is 5.02. The summed E-state index contributed by atoms with van der Waals surface area (Å²) in [5.41, 5.74) is 1.46. The molecule has 0 bridgehead atoms. The molecule has 8 heteroatoms. The number of nitrogens with zero attached hydrogens (tertiary/aromatic N) is 3. The second-order valence-corrected chi connectivity index (χ2v) is 7.44. The van der Waals surface area contributed by atoms with Gasteiger partial charge < -0.3 is 23.8 Å². The molecule has 2 rings (SSSR count). The van der Waals surface area contributed by atoms with Crippen molar-refractivity contribution in [3.05, 3.63) is 58.9 Å². The van der Waals surface area contributed by atoms with E-state index >= 15 is 0 Å². The Bertz CT molecular complexity index is 824. The third-order valence-electron chi connectivity index (χ3n) is 4.78. The van der Waals surface area contributed by atoms with Gasteiger partial charge in [0, 0.05) is 63.4 Å². The van der Waals surface area contributed by atoms with Crippen molar-refractivity contribution in [1.82, 2.24) is 14.4 Å². The lowest BCUT2D eigenvalue weighted by Crippen LogP contribution is -2.44. The molecular formula is C22H30ClN3O4. The van der Waals surface area contributed by atoms with Crippen molar-refractivity contribution < 1.29 is 19.1 Å². The van der Waals surface area contributed by atoms with Gasteiger partial charge in [0.2, 0.25) is 5.91 Å². The van der Waals surface area contributed by atoms with E-state index in [1.165, 1.54) is 0 Å². The monoisotopic (exact) mass is 435 g/mol. The molecule has 7 nitrogen and oxygen atoms in total. The predicted molar refractivity (Wildman–Crippen MR) is 117 cm³/mol. The second kappa shape index (κ2) is 12.4. The molecule has 1 aromatic carbocycles. The van der Waals surface area contributed by atoms with Crippen LogP contribution in [0.2, 0.25) is 5.02 Å². The standard InChI is InChI=1S/C22H30ClN3O4/c1-24-10-5-9-20(24)16-25(12-14-30-3)21(27)17-26(11-6-13-29-2)22(28)18-7-4-8-19(23)15-18/h4-5,7-10,15H,6,11-14,16-17H2,1-3H3. The van der Waals surface area contributed by atoms with E-state index in [4.69, 9.17) is 21.1 Å². The normalized spacial score (nSPS) is 10.8. The molecule has 0 saturated carbocycles. The molecule has 2 amide bonds. The van der Waals surface area contributed by atoms with E-state index in [2.05, 4.69) is 0 Å². The molecule has 0 atom stereocenters. The quantitative estimate of drug-likeness (QED) is 0.481. The fourth-order valence-electron chi connectivity index (χ4n) is 3.07. The van der Waals surface area contributed by atoms with Gasteiger partial charge in [0.05, 0.1) is 13.2 Å². The van der Waals surface area contributed by atoms with Gasteiger partial charge >= 0.3 is 0 Å². The molecular weight excluding hydrogens is 406 g/mol. The maximum absolute atomic E-state index is 13.1. The number of rotatable bonds is 12. The summed E-state index contributed by atoms with van der Waals surface area (Å²) in [6, 6.07) is 10.7. The molecule has 0 saturated heterocycles. The Morgan fingerprint density at radius 1 is 1.03 bits per heavy atom. The number of amides is 2. The number of hydrogen-bond acceptors (Lipinski definition) is 4. The first-order valence-electron chi connectivity index (χ1n) is 9.87. The zero-order valence-corrected chi connectivity index (χ0v) is 18.6. The molecule has 0 unspecified atom stereocenters. The summed E-state index contributed by atoms with van der Waals surface area (Å²) < 4.78 is 12.3. The van der Waals surface area contributed by atoms with Crippen LogP contribution in [0.5, 0.6) is 0 Å². The molecule has 30 heavy (non-hydrogen) atoms. The van der Waals surface area contributed by atoms with Crippen molar-refractivity contribution in [2.75, 3.05) is 47.1 Å². The SMILES string of the molecule is COCCCN(CC(=O)N(CCOC)Cc1cccn1C)C(=O)c1cccc(Cl)c1. The van der Waals surface area contributed by atoms with Crippen molar-refractivity contribution in [3.63, 3.8) is 0 Å². The number of carbonyl (C=O) groups is 2. The summed E-state index contributed by atoms with van der Waals surface area (Å²) >= 11 is 6.05. The van der Waals surface area contributed by atoms with E-state index in [9.17, 15) is 9.59 Å². The molecule has 0 aliphatic rings. The van der Waals surface area contributed by atoms with Gasteiger partial charge in [0.1, 0.15) is 6.54 Å². The smallest absolute Gasteiger partial charge is 0.254 e. The summed E-state index contributed by atoms with van der Waals surface area (Å²) in [4.78, 5) is 29.5. The Morgan fingerprint density at radius 3 is 2.43 bits per heavy atom. The topological polar surface area (TPSA) is 64.0 Å². The minimum absolute atomic E-state index is 0.0246. The molecule has 0 aliphatic heterocycles. The Balaban J connectivity index is 2.16. The Hall–Kier alpha value is -2.35. The van der Waals surface area contributed by atoms with Gasteiger partial charge in [-0.15, -0.1) is 0 Å². The number of aryl methyl sites for hydroxylation is 1. The summed E-state index contributed by atoms with van der Waals surface area (Å²) in [5, 5.41) is 0.481. The number of aromatic nitrogens is 1. The van der Waals surface area contributed by atoms with Crippen molar-refractivity contribution in [1.29, 1.82) is 0 Å². The lowest BCUT2D eigenvalue weighted by molar-refractivity contribution is -0.133. The maximum Gasteiger partial charge on any atom is 0.254 e. The van der Waals surface area contributed by atoms with E-state index < -0.39 is 0 Å². The lowest BCUT2D eigenvalue weighted by atomic mass is 10.2. The van der Waals surface area contributed by atoms with Gasteiger partial charge in [0.15, 0.2) is 0 Å². The van der Waals surface area contributed by atoms with Gasteiger partial charge in [-0.1, -0.05) is 17.7 Å². The molecule has 0 aliphatic carbocycles. The van der Waals surface area contributed by atoms with Crippen LogP contribution in [0.15, 0.2) is 42.6 Å². The number of hydrogen-bond donors (Lipinski definition) is 0. The third kappa shape index (κ3) is 7.16. The van der Waals surface area contributed by atoms with Crippen molar-refractivity contribution >= 4 is 23.4 Å². The van der Waals surface area contributed by atoms with Crippen LogP contribution in [-0.2, 0) is 27.9 Å². The number of methoxy groups -OCH3 is 2. The van der Waals surface area contributed by atoms with E-state index in [1.807, 2.05) is 29.9 Å². The average Bonchev–Trinajstić information content (AvgIpc) is 3.14. The molecule has 1 heterocycles. The minimum Gasteiger partial charge on any atom is -0.385 e. The van der Waals surface area contributed by atoms with Crippen LogP contribution in [0, 0.1) is 0 Å². The minimum atomic E-state index is -0.229. The number of benzene rings is 1. The predicted octanol–water partition coefficient (Wildman–Crippen LogP) is 2.83. The second-order valence-electron chi connectivity index (χ2n) is 7.00. The van der Waals surface area contributed by atoms with Crippen LogP contribution in [-0.4, -0.2) is 73.2 Å². The largest absolute Gasteiger partial charge is 0.385 e. The van der Waals surface area contributed by atoms with Crippen LogP contribution < -0.4 is 0 Å². The molecule has 164 valence electrons. The van der Waals surface area contributed by atoms with Crippen LogP contribution in [0.25, 0.3) is 0 Å². The Labute approximate surface area is 183 Å². The Kier molecular flexibility index (Phi) is 9.86. The highest BCUT2D eigenvalue weighted by Gasteiger charge is 2.23. The van der Waals surface area contributed by atoms with Crippen LogP contribution in [0.4, 0.5) is 0 Å². The van der Waals surface area contributed by atoms with Crippen LogP contribution in [0.3, 0.4) is 0 Å². The van der Waals surface area contributed by atoms with Crippen molar-refractivity contribution in [2.45, 2.75) is 13.0 Å². The molecule has 2 aromatic rings. The summed E-state index contributed by atoms with van der Waals surface area (Å²) in [6.07, 6.45) is 2.57. The van der Waals surface area contributed by atoms with Gasteiger partial charge in [-0.2, -0.15) is 0 Å². The average molecular weight is 436 g/mol. The highest BCUT2D eigenvalue weighted by molar-refractivity contribution is 6.30. The van der Waals surface area contributed by atoms with Crippen molar-refractivity contribution in [3.8, 4) is 0 Å². The first-order valence-corrected chi connectivity index (χ1v) is 10.2. The maximum atomic E-state index is 13.1. The van der Waals surface area contributed by atoms with E-state index in [-0.39, 0.29) is 18.4 Å². The fraction of sp³-hybridized carbons (Fsp3) is 0.455. The number of halogens is 1. The van der Waals surface area contributed by atoms with Gasteiger partial charge in [0.25, 0.3) is 5.91 Å². The molecule has 0 fully saturated rings. The van der Waals surface area contributed by atoms with Gasteiger partial charge in [-0.05, 0) is 36.8 Å². The van der Waals surface area contributed by atoms with Gasteiger partial charge in [-0.3, -0.25) is 9.59 Å².